The van der Waals surface area contributed by atoms with Crippen molar-refractivity contribution in [3.05, 3.63) is 0 Å². The van der Waals surface area contributed by atoms with Crippen LogP contribution >= 0.6 is 0 Å². The number of nitrogens with zero attached hydrogens (tertiary/aromatic N) is 2. The van der Waals surface area contributed by atoms with Crippen molar-refractivity contribution in [3.63, 3.8) is 0 Å². The molecule has 2 saturated heterocycles. The second-order valence-electron chi connectivity index (χ2n) is 6.72. The molecule has 3 N–H and O–H groups in total. The molecule has 0 bridgehead atoms. The first-order valence-electron chi connectivity index (χ1n) is 6.46. The molecule has 0 unspecified atom stereocenters. The number of rotatable bonds is 1. The molecule has 0 spiro atoms. The molecule has 0 saturated carbocycles. The summed E-state index contributed by atoms with van der Waals surface area (Å²) in [5, 5.41) is 10.0. The Labute approximate surface area is 117 Å². The molecule has 6 amide bonds. The van der Waals surface area contributed by atoms with Crippen molar-refractivity contribution in [1.29, 1.82) is 0 Å². The van der Waals surface area contributed by atoms with Crippen LogP contribution < -0.4 is 16.0 Å². The highest BCUT2D eigenvalue weighted by molar-refractivity contribution is 5.99. The van der Waals surface area contributed by atoms with Crippen LogP contribution in [0, 0.1) is 0 Å². The smallest absolute Gasteiger partial charge is 0.329 e. The lowest BCUT2D eigenvalue weighted by Gasteiger charge is -2.46. The largest absolute Gasteiger partial charge is 0.346 e. The van der Waals surface area contributed by atoms with E-state index in [1.54, 1.807) is 27.7 Å². The summed E-state index contributed by atoms with van der Waals surface area (Å²) in [5.41, 5.74) is -2.18. The summed E-state index contributed by atoms with van der Waals surface area (Å²) in [6, 6.07) is -1.73. The molecule has 2 aliphatic rings. The fourth-order valence-electron chi connectivity index (χ4n) is 2.28. The van der Waals surface area contributed by atoms with E-state index >= 15 is 0 Å². The highest BCUT2D eigenvalue weighted by Gasteiger charge is 2.57. The van der Waals surface area contributed by atoms with Gasteiger partial charge in [-0.2, -0.15) is 0 Å². The summed E-state index contributed by atoms with van der Waals surface area (Å²) in [6.07, 6.45) is 0. The van der Waals surface area contributed by atoms with Gasteiger partial charge in [0.1, 0.15) is 5.66 Å². The zero-order valence-electron chi connectivity index (χ0n) is 12.6. The Kier molecular flexibility index (Phi) is 2.72. The maximum atomic E-state index is 12.2. The number of hydrogen-bond donors (Lipinski definition) is 3. The van der Waals surface area contributed by atoms with Gasteiger partial charge in [0.2, 0.25) is 0 Å². The van der Waals surface area contributed by atoms with E-state index in [1.807, 2.05) is 13.8 Å². The fourth-order valence-corrected chi connectivity index (χ4v) is 2.28. The maximum Gasteiger partial charge on any atom is 0.346 e. The zero-order valence-corrected chi connectivity index (χ0v) is 12.6. The Bertz CT molecular complexity index is 477. The molecular formula is C12H21N5O3. The number of amides is 6. The van der Waals surface area contributed by atoms with E-state index in [9.17, 15) is 14.4 Å². The topological polar surface area (TPSA) is 93.8 Å². The Hall–Kier alpha value is -1.99. The zero-order chi connectivity index (χ0) is 15.5. The predicted octanol–water partition coefficient (Wildman–Crippen LogP) is 0.955. The van der Waals surface area contributed by atoms with Crippen molar-refractivity contribution in [2.24, 2.45) is 0 Å². The third-order valence-electron chi connectivity index (χ3n) is 4.09. The Morgan fingerprint density at radius 2 is 1.20 bits per heavy atom. The standard InChI is InChI=1S/C12H21N5O3/c1-10(2)11(3,4)17(9(20)13-10)16-7(18)14-12(5,6)15-8(16)19/h1-6H3,(H,13,20)(H,14,18)(H,15,19). The molecule has 8 nitrogen and oxygen atoms in total. The first kappa shape index (κ1) is 14.4. The minimum atomic E-state index is -0.847. The Balaban J connectivity index is 2.39. The lowest BCUT2D eigenvalue weighted by atomic mass is 9.84. The van der Waals surface area contributed by atoms with Crippen LogP contribution in [-0.4, -0.2) is 44.9 Å². The van der Waals surface area contributed by atoms with Gasteiger partial charge < -0.3 is 16.0 Å². The quantitative estimate of drug-likeness (QED) is 0.669. The van der Waals surface area contributed by atoms with Crippen molar-refractivity contribution < 1.29 is 14.4 Å². The normalized spacial score (nSPS) is 27.0. The number of urea groups is 3. The van der Waals surface area contributed by atoms with Crippen molar-refractivity contribution in [2.75, 3.05) is 0 Å². The van der Waals surface area contributed by atoms with E-state index in [0.717, 1.165) is 10.0 Å². The summed E-state index contributed by atoms with van der Waals surface area (Å²) in [5.74, 6) is 0. The SMILES string of the molecule is CC1(C)NC(=O)N(N2C(=O)NC(C)(C)C2(C)C)C(=O)N1. The number of nitrogens with one attached hydrogen (secondary N) is 3. The van der Waals surface area contributed by atoms with Crippen molar-refractivity contribution in [2.45, 2.75) is 58.3 Å². The number of carbonyl (C=O) groups excluding carboxylic acids is 3. The van der Waals surface area contributed by atoms with Crippen LogP contribution in [0.15, 0.2) is 0 Å². The van der Waals surface area contributed by atoms with Gasteiger partial charge in [0, 0.05) is 0 Å². The molecule has 0 aromatic rings. The van der Waals surface area contributed by atoms with Gasteiger partial charge in [-0.1, -0.05) is 0 Å². The molecular weight excluding hydrogens is 262 g/mol. The van der Waals surface area contributed by atoms with E-state index in [-0.39, 0.29) is 0 Å². The van der Waals surface area contributed by atoms with Gasteiger partial charge >= 0.3 is 18.1 Å². The van der Waals surface area contributed by atoms with Crippen LogP contribution in [0.4, 0.5) is 14.4 Å². The van der Waals surface area contributed by atoms with Gasteiger partial charge in [-0.25, -0.2) is 19.4 Å². The van der Waals surface area contributed by atoms with Crippen LogP contribution in [0.1, 0.15) is 41.5 Å². The Morgan fingerprint density at radius 1 is 0.750 bits per heavy atom. The molecule has 2 rings (SSSR count). The average molecular weight is 283 g/mol. The second-order valence-corrected chi connectivity index (χ2v) is 6.72. The van der Waals surface area contributed by atoms with Crippen LogP contribution in [0.5, 0.6) is 0 Å². The van der Waals surface area contributed by atoms with E-state index in [4.69, 9.17) is 0 Å². The van der Waals surface area contributed by atoms with Gasteiger partial charge in [-0.15, -0.1) is 5.01 Å². The molecule has 8 heteroatoms. The molecule has 0 aromatic carbocycles. The molecule has 2 fully saturated rings. The van der Waals surface area contributed by atoms with Crippen LogP contribution in [0.25, 0.3) is 0 Å². The summed E-state index contributed by atoms with van der Waals surface area (Å²) in [6.45, 7) is 10.6. The lowest BCUT2D eigenvalue weighted by Crippen LogP contribution is -2.74. The molecule has 2 aliphatic heterocycles. The highest BCUT2D eigenvalue weighted by Crippen LogP contribution is 2.35. The first-order valence-corrected chi connectivity index (χ1v) is 6.46. The van der Waals surface area contributed by atoms with Crippen molar-refractivity contribution in [3.8, 4) is 0 Å². The summed E-state index contributed by atoms with van der Waals surface area (Å²) >= 11 is 0. The fraction of sp³-hybridized carbons (Fsp3) is 0.750. The van der Waals surface area contributed by atoms with Gasteiger partial charge in [-0.05, 0) is 41.5 Å². The first-order chi connectivity index (χ1) is 8.89. The summed E-state index contributed by atoms with van der Waals surface area (Å²) in [4.78, 5) is 36.5. The maximum absolute atomic E-state index is 12.2. The third kappa shape index (κ3) is 1.86. The summed E-state index contributed by atoms with van der Waals surface area (Å²) in [7, 11) is 0. The van der Waals surface area contributed by atoms with Crippen LogP contribution in [0.3, 0.4) is 0 Å². The molecule has 112 valence electrons. The summed E-state index contributed by atoms with van der Waals surface area (Å²) < 4.78 is 0. The molecule has 0 aromatic heterocycles. The molecule has 2 heterocycles. The number of imide groups is 1. The van der Waals surface area contributed by atoms with Crippen LogP contribution in [-0.2, 0) is 0 Å². The number of carbonyl (C=O) groups is 3. The third-order valence-corrected chi connectivity index (χ3v) is 4.09. The Morgan fingerprint density at radius 3 is 1.55 bits per heavy atom. The van der Waals surface area contributed by atoms with Gasteiger partial charge in [-0.3, -0.25) is 0 Å². The van der Waals surface area contributed by atoms with E-state index in [2.05, 4.69) is 16.0 Å². The van der Waals surface area contributed by atoms with Gasteiger partial charge in [0.15, 0.2) is 0 Å². The number of hydrogen-bond acceptors (Lipinski definition) is 3. The average Bonchev–Trinajstić information content (AvgIpc) is 2.33. The van der Waals surface area contributed by atoms with E-state index < -0.39 is 34.8 Å². The van der Waals surface area contributed by atoms with Crippen LogP contribution in [0.2, 0.25) is 0 Å². The molecule has 0 aliphatic carbocycles. The van der Waals surface area contributed by atoms with Crippen molar-refractivity contribution in [1.82, 2.24) is 26.0 Å². The molecule has 0 atom stereocenters. The predicted molar refractivity (Wildman–Crippen MR) is 71.5 cm³/mol. The second kappa shape index (κ2) is 3.77. The highest BCUT2D eigenvalue weighted by atomic mass is 16.2. The van der Waals surface area contributed by atoms with Crippen molar-refractivity contribution >= 4 is 18.1 Å². The lowest BCUT2D eigenvalue weighted by molar-refractivity contribution is -0.00512. The van der Waals surface area contributed by atoms with Gasteiger partial charge in [0.25, 0.3) is 0 Å². The van der Waals surface area contributed by atoms with E-state index in [0.29, 0.717) is 0 Å². The van der Waals surface area contributed by atoms with Gasteiger partial charge in [0.05, 0.1) is 11.1 Å². The molecule has 20 heavy (non-hydrogen) atoms. The minimum absolute atomic E-state index is 0.481. The monoisotopic (exact) mass is 283 g/mol. The number of hydrazine groups is 1. The van der Waals surface area contributed by atoms with E-state index in [1.165, 1.54) is 0 Å². The molecule has 0 radical (unpaired) electrons. The minimum Gasteiger partial charge on any atom is -0.329 e.